The van der Waals surface area contributed by atoms with E-state index in [0.717, 1.165) is 23.8 Å². The molecule has 2 heterocycles. The second kappa shape index (κ2) is 5.51. The molecule has 0 N–H and O–H groups in total. The van der Waals surface area contributed by atoms with E-state index in [9.17, 15) is 0 Å². The summed E-state index contributed by atoms with van der Waals surface area (Å²) in [5.41, 5.74) is 0.914. The molecule has 0 radical (unpaired) electrons. The van der Waals surface area contributed by atoms with Gasteiger partial charge < -0.3 is 4.90 Å². The van der Waals surface area contributed by atoms with Crippen LogP contribution in [0.25, 0.3) is 0 Å². The van der Waals surface area contributed by atoms with Crippen molar-refractivity contribution in [1.82, 2.24) is 9.97 Å². The molecule has 0 spiro atoms. The Kier molecular flexibility index (Phi) is 4.29. The highest BCUT2D eigenvalue weighted by Crippen LogP contribution is 2.32. The molecule has 0 aliphatic carbocycles. The lowest BCUT2D eigenvalue weighted by Crippen LogP contribution is -2.42. The van der Waals surface area contributed by atoms with E-state index in [4.69, 9.17) is 16.6 Å². The van der Waals surface area contributed by atoms with Crippen molar-refractivity contribution in [1.29, 1.82) is 0 Å². The molecule has 4 heteroatoms. The summed E-state index contributed by atoms with van der Waals surface area (Å²) in [5.74, 6) is 2.56. The van der Waals surface area contributed by atoms with Crippen LogP contribution >= 0.6 is 11.6 Å². The minimum atomic E-state index is -0.0866. The Morgan fingerprint density at radius 2 is 1.80 bits per heavy atom. The van der Waals surface area contributed by atoms with Gasteiger partial charge in [0.1, 0.15) is 16.8 Å². The van der Waals surface area contributed by atoms with Crippen molar-refractivity contribution in [2.45, 2.75) is 65.8 Å². The van der Waals surface area contributed by atoms with Gasteiger partial charge in [-0.25, -0.2) is 9.97 Å². The summed E-state index contributed by atoms with van der Waals surface area (Å²) in [5, 5.41) is 0.588. The SMILES string of the molecule is Cc1c(Cl)nc(C(C)(C)C)nc1N1CC(C)CCC1C. The fourth-order valence-electron chi connectivity index (χ4n) is 2.68. The van der Waals surface area contributed by atoms with Crippen LogP contribution in [0.15, 0.2) is 0 Å². The topological polar surface area (TPSA) is 29.0 Å². The summed E-state index contributed by atoms with van der Waals surface area (Å²) >= 11 is 6.35. The third kappa shape index (κ3) is 3.08. The molecule has 0 amide bonds. The van der Waals surface area contributed by atoms with E-state index in [-0.39, 0.29) is 5.41 Å². The maximum absolute atomic E-state index is 6.35. The zero-order valence-electron chi connectivity index (χ0n) is 13.5. The largest absolute Gasteiger partial charge is 0.353 e. The first kappa shape index (κ1) is 15.6. The molecular formula is C16H26ClN3. The summed E-state index contributed by atoms with van der Waals surface area (Å²) in [6, 6.07) is 0.517. The smallest absolute Gasteiger partial charge is 0.137 e. The van der Waals surface area contributed by atoms with Crippen LogP contribution in [0.3, 0.4) is 0 Å². The molecule has 1 saturated heterocycles. The van der Waals surface area contributed by atoms with Crippen molar-refractivity contribution in [2.24, 2.45) is 5.92 Å². The lowest BCUT2D eigenvalue weighted by molar-refractivity contribution is 0.386. The number of hydrogen-bond acceptors (Lipinski definition) is 3. The van der Waals surface area contributed by atoms with Gasteiger partial charge in [-0.05, 0) is 32.6 Å². The van der Waals surface area contributed by atoms with E-state index in [0.29, 0.717) is 17.1 Å². The third-order valence-electron chi connectivity index (χ3n) is 4.12. The van der Waals surface area contributed by atoms with Crippen LogP contribution in [0.2, 0.25) is 5.15 Å². The molecule has 3 nitrogen and oxygen atoms in total. The molecular weight excluding hydrogens is 270 g/mol. The average Bonchev–Trinajstić information content (AvgIpc) is 2.34. The Balaban J connectivity index is 2.47. The molecule has 1 aliphatic heterocycles. The quantitative estimate of drug-likeness (QED) is 0.721. The molecule has 2 rings (SSSR count). The first-order chi connectivity index (χ1) is 9.20. The van der Waals surface area contributed by atoms with Gasteiger partial charge in [-0.2, -0.15) is 0 Å². The summed E-state index contributed by atoms with van der Waals surface area (Å²) < 4.78 is 0. The Bertz CT molecular complexity index is 493. The van der Waals surface area contributed by atoms with Gasteiger partial charge in [0.05, 0.1) is 0 Å². The Morgan fingerprint density at radius 3 is 2.40 bits per heavy atom. The summed E-state index contributed by atoms with van der Waals surface area (Å²) in [6.07, 6.45) is 2.51. The maximum Gasteiger partial charge on any atom is 0.137 e. The van der Waals surface area contributed by atoms with E-state index >= 15 is 0 Å². The predicted octanol–water partition coefficient (Wildman–Crippen LogP) is 4.36. The van der Waals surface area contributed by atoms with Crippen molar-refractivity contribution in [3.8, 4) is 0 Å². The molecule has 1 aromatic rings. The Morgan fingerprint density at radius 1 is 1.15 bits per heavy atom. The molecule has 2 unspecified atom stereocenters. The molecule has 112 valence electrons. The summed E-state index contributed by atoms with van der Waals surface area (Å²) in [7, 11) is 0. The molecule has 1 fully saturated rings. The monoisotopic (exact) mass is 295 g/mol. The van der Waals surface area contributed by atoms with Crippen molar-refractivity contribution in [2.75, 3.05) is 11.4 Å². The second-order valence-electron chi connectivity index (χ2n) is 7.22. The standard InChI is InChI=1S/C16H26ClN3/c1-10-7-8-11(2)20(9-10)14-12(3)13(17)18-15(19-14)16(4,5)6/h10-11H,7-9H2,1-6H3. The van der Waals surface area contributed by atoms with Crippen LogP contribution < -0.4 is 4.90 Å². The van der Waals surface area contributed by atoms with E-state index < -0.39 is 0 Å². The number of anilines is 1. The van der Waals surface area contributed by atoms with Crippen LogP contribution in [-0.2, 0) is 5.41 Å². The summed E-state index contributed by atoms with van der Waals surface area (Å²) in [4.78, 5) is 11.7. The molecule has 0 saturated carbocycles. The van der Waals surface area contributed by atoms with E-state index in [1.165, 1.54) is 12.8 Å². The summed E-state index contributed by atoms with van der Waals surface area (Å²) in [6.45, 7) is 14.0. The van der Waals surface area contributed by atoms with Gasteiger partial charge in [0, 0.05) is 23.6 Å². The van der Waals surface area contributed by atoms with E-state index in [2.05, 4.69) is 44.5 Å². The van der Waals surface area contributed by atoms with Crippen molar-refractivity contribution in [3.05, 3.63) is 16.5 Å². The number of nitrogens with zero attached hydrogens (tertiary/aromatic N) is 3. The first-order valence-electron chi connectivity index (χ1n) is 7.51. The maximum atomic E-state index is 6.35. The van der Waals surface area contributed by atoms with Crippen molar-refractivity contribution >= 4 is 17.4 Å². The molecule has 0 bridgehead atoms. The lowest BCUT2D eigenvalue weighted by Gasteiger charge is -2.39. The third-order valence-corrected chi connectivity index (χ3v) is 4.49. The molecule has 20 heavy (non-hydrogen) atoms. The number of halogens is 1. The van der Waals surface area contributed by atoms with Gasteiger partial charge in [0.2, 0.25) is 0 Å². The Hall–Kier alpha value is -0.830. The zero-order chi connectivity index (χ0) is 15.1. The number of hydrogen-bond donors (Lipinski definition) is 0. The molecule has 1 aliphatic rings. The van der Waals surface area contributed by atoms with E-state index in [1.807, 2.05) is 6.92 Å². The van der Waals surface area contributed by atoms with Gasteiger partial charge in [-0.1, -0.05) is 39.3 Å². The van der Waals surface area contributed by atoms with Gasteiger partial charge in [-0.15, -0.1) is 0 Å². The first-order valence-corrected chi connectivity index (χ1v) is 7.89. The molecule has 0 aromatic carbocycles. The van der Waals surface area contributed by atoms with Crippen LogP contribution in [0, 0.1) is 12.8 Å². The highest BCUT2D eigenvalue weighted by atomic mass is 35.5. The lowest BCUT2D eigenvalue weighted by atomic mass is 9.94. The Labute approximate surface area is 127 Å². The van der Waals surface area contributed by atoms with Crippen LogP contribution in [0.4, 0.5) is 5.82 Å². The van der Waals surface area contributed by atoms with Crippen LogP contribution in [-0.4, -0.2) is 22.6 Å². The number of rotatable bonds is 1. The second-order valence-corrected chi connectivity index (χ2v) is 7.58. The fourth-order valence-corrected chi connectivity index (χ4v) is 2.84. The minimum absolute atomic E-state index is 0.0866. The van der Waals surface area contributed by atoms with Crippen molar-refractivity contribution in [3.63, 3.8) is 0 Å². The van der Waals surface area contributed by atoms with E-state index in [1.54, 1.807) is 0 Å². The van der Waals surface area contributed by atoms with Gasteiger partial charge in [0.15, 0.2) is 0 Å². The molecule has 1 aromatic heterocycles. The highest BCUT2D eigenvalue weighted by Gasteiger charge is 2.28. The zero-order valence-corrected chi connectivity index (χ0v) is 14.3. The van der Waals surface area contributed by atoms with Crippen molar-refractivity contribution < 1.29 is 0 Å². The minimum Gasteiger partial charge on any atom is -0.353 e. The van der Waals surface area contributed by atoms with Gasteiger partial charge in [-0.3, -0.25) is 0 Å². The van der Waals surface area contributed by atoms with Crippen LogP contribution in [0.5, 0.6) is 0 Å². The fraction of sp³-hybridized carbons (Fsp3) is 0.750. The average molecular weight is 296 g/mol. The predicted molar refractivity (Wildman–Crippen MR) is 85.7 cm³/mol. The highest BCUT2D eigenvalue weighted by molar-refractivity contribution is 6.30. The molecule has 2 atom stereocenters. The van der Waals surface area contributed by atoms with Crippen LogP contribution in [0.1, 0.15) is 58.8 Å². The number of piperidine rings is 1. The van der Waals surface area contributed by atoms with Gasteiger partial charge >= 0.3 is 0 Å². The number of aromatic nitrogens is 2. The van der Waals surface area contributed by atoms with Gasteiger partial charge in [0.25, 0.3) is 0 Å². The normalized spacial score (nSPS) is 24.1.